The number of aryl methyl sites for hydroxylation is 1. The molecule has 0 aliphatic carbocycles. The molecule has 102 valence electrons. The van der Waals surface area contributed by atoms with Crippen molar-refractivity contribution < 1.29 is 0 Å². The number of thiazole rings is 1. The number of nitrogen functional groups attached to an aromatic ring is 1. The summed E-state index contributed by atoms with van der Waals surface area (Å²) in [6.07, 6.45) is 2.56. The maximum atomic E-state index is 6.06. The van der Waals surface area contributed by atoms with Crippen molar-refractivity contribution in [3.8, 4) is 10.6 Å². The molecule has 1 fully saturated rings. The Morgan fingerprint density at radius 3 is 3.00 bits per heavy atom. The van der Waals surface area contributed by atoms with Gasteiger partial charge in [0.15, 0.2) is 0 Å². The molecular weight excluding hydrogens is 276 g/mol. The molecule has 19 heavy (non-hydrogen) atoms. The first-order valence-corrected chi connectivity index (χ1v) is 8.23. The summed E-state index contributed by atoms with van der Waals surface area (Å²) in [7, 11) is 0. The fraction of sp³-hybridized carbons (Fsp3) is 0.538. The second kappa shape index (κ2) is 5.09. The largest absolute Gasteiger partial charge is 0.382 e. The van der Waals surface area contributed by atoms with Crippen LogP contribution in [0, 0.1) is 12.8 Å². The molecule has 1 unspecified atom stereocenters. The lowest BCUT2D eigenvalue weighted by atomic mass is 10.0. The summed E-state index contributed by atoms with van der Waals surface area (Å²) in [5.41, 5.74) is 8.15. The average Bonchev–Trinajstić information content (AvgIpc) is 2.95. The van der Waals surface area contributed by atoms with Crippen LogP contribution in [0.4, 0.5) is 10.8 Å². The number of rotatable bonds is 2. The van der Waals surface area contributed by atoms with E-state index in [0.717, 1.165) is 35.3 Å². The van der Waals surface area contributed by atoms with Crippen LogP contribution in [0.2, 0.25) is 0 Å². The lowest BCUT2D eigenvalue weighted by Crippen LogP contribution is -2.33. The van der Waals surface area contributed by atoms with Crippen LogP contribution in [-0.4, -0.2) is 22.4 Å². The van der Waals surface area contributed by atoms with Crippen molar-refractivity contribution in [1.29, 1.82) is 0 Å². The Kier molecular flexibility index (Phi) is 3.45. The summed E-state index contributed by atoms with van der Waals surface area (Å²) in [4.78, 5) is 6.99. The molecule has 6 heteroatoms. The van der Waals surface area contributed by atoms with Crippen LogP contribution in [0.1, 0.15) is 25.5 Å². The first-order chi connectivity index (χ1) is 9.15. The van der Waals surface area contributed by atoms with Crippen LogP contribution in [0.25, 0.3) is 10.6 Å². The first kappa shape index (κ1) is 12.9. The summed E-state index contributed by atoms with van der Waals surface area (Å²) in [6, 6.07) is 0. The van der Waals surface area contributed by atoms with E-state index >= 15 is 0 Å². The Morgan fingerprint density at radius 2 is 2.32 bits per heavy atom. The Hall–Kier alpha value is -1.14. The second-order valence-electron chi connectivity index (χ2n) is 5.24. The summed E-state index contributed by atoms with van der Waals surface area (Å²) >= 11 is 3.16. The maximum Gasteiger partial charge on any atom is 0.149 e. The van der Waals surface area contributed by atoms with Crippen LogP contribution in [-0.2, 0) is 0 Å². The van der Waals surface area contributed by atoms with Crippen LogP contribution in [0.3, 0.4) is 0 Å². The number of nitrogens with zero attached hydrogens (tertiary/aromatic N) is 3. The van der Waals surface area contributed by atoms with Gasteiger partial charge in [0.1, 0.15) is 15.8 Å². The first-order valence-electron chi connectivity index (χ1n) is 6.57. The van der Waals surface area contributed by atoms with Gasteiger partial charge >= 0.3 is 0 Å². The molecule has 2 aromatic rings. The van der Waals surface area contributed by atoms with Gasteiger partial charge in [-0.25, -0.2) is 4.98 Å². The van der Waals surface area contributed by atoms with Gasteiger partial charge in [0, 0.05) is 24.2 Å². The van der Waals surface area contributed by atoms with E-state index in [2.05, 4.69) is 26.6 Å². The van der Waals surface area contributed by atoms with Crippen LogP contribution >= 0.6 is 22.9 Å². The topological polar surface area (TPSA) is 55.0 Å². The van der Waals surface area contributed by atoms with E-state index in [9.17, 15) is 0 Å². The van der Waals surface area contributed by atoms with Crippen molar-refractivity contribution in [1.82, 2.24) is 9.36 Å². The Labute approximate surface area is 121 Å². The quantitative estimate of drug-likeness (QED) is 0.922. The zero-order chi connectivity index (χ0) is 13.4. The predicted octanol–water partition coefficient (Wildman–Crippen LogP) is 3.39. The molecule has 2 aromatic heterocycles. The van der Waals surface area contributed by atoms with Crippen molar-refractivity contribution in [3.05, 3.63) is 11.1 Å². The second-order valence-corrected chi connectivity index (χ2v) is 6.85. The monoisotopic (exact) mass is 294 g/mol. The van der Waals surface area contributed by atoms with Crippen LogP contribution < -0.4 is 10.6 Å². The molecule has 0 amide bonds. The molecule has 1 aliphatic heterocycles. The third kappa shape index (κ3) is 2.47. The summed E-state index contributed by atoms with van der Waals surface area (Å²) in [5, 5.41) is 4.25. The highest BCUT2D eigenvalue weighted by Gasteiger charge is 2.24. The Bertz CT molecular complexity index is 575. The highest BCUT2D eigenvalue weighted by Crippen LogP contribution is 2.41. The van der Waals surface area contributed by atoms with Gasteiger partial charge in [-0.2, -0.15) is 4.37 Å². The molecule has 2 N–H and O–H groups in total. The van der Waals surface area contributed by atoms with E-state index in [0.29, 0.717) is 5.82 Å². The van der Waals surface area contributed by atoms with Gasteiger partial charge < -0.3 is 10.6 Å². The standard InChI is InChI=1S/C13H18N4S2/c1-8-4-3-5-17(6-8)13-10(11(14)16-19-13)12-15-9(2)7-18-12/h7-8H,3-6H2,1-2H3,(H2,14,16). The van der Waals surface area contributed by atoms with Gasteiger partial charge in [-0.05, 0) is 37.2 Å². The van der Waals surface area contributed by atoms with E-state index in [-0.39, 0.29) is 0 Å². The molecule has 0 aromatic carbocycles. The molecule has 3 heterocycles. The molecule has 4 nitrogen and oxygen atoms in total. The van der Waals surface area contributed by atoms with Crippen molar-refractivity contribution in [3.63, 3.8) is 0 Å². The lowest BCUT2D eigenvalue weighted by molar-refractivity contribution is 0.448. The molecule has 0 saturated carbocycles. The molecule has 0 radical (unpaired) electrons. The molecule has 3 rings (SSSR count). The summed E-state index contributed by atoms with van der Waals surface area (Å²) < 4.78 is 4.35. The minimum atomic E-state index is 0.618. The van der Waals surface area contributed by atoms with Crippen molar-refractivity contribution in [2.75, 3.05) is 23.7 Å². The number of hydrogen-bond donors (Lipinski definition) is 1. The Balaban J connectivity index is 1.98. The van der Waals surface area contributed by atoms with E-state index in [1.54, 1.807) is 11.3 Å². The lowest BCUT2D eigenvalue weighted by Gasteiger charge is -2.31. The van der Waals surface area contributed by atoms with Gasteiger partial charge in [-0.3, -0.25) is 0 Å². The zero-order valence-corrected chi connectivity index (χ0v) is 12.9. The summed E-state index contributed by atoms with van der Waals surface area (Å²) in [6.45, 7) is 6.52. The number of hydrogen-bond acceptors (Lipinski definition) is 6. The number of aromatic nitrogens is 2. The molecule has 1 saturated heterocycles. The van der Waals surface area contributed by atoms with E-state index in [4.69, 9.17) is 5.73 Å². The fourth-order valence-electron chi connectivity index (χ4n) is 2.55. The zero-order valence-electron chi connectivity index (χ0n) is 11.2. The van der Waals surface area contributed by atoms with Gasteiger partial charge in [-0.15, -0.1) is 11.3 Å². The minimum Gasteiger partial charge on any atom is -0.382 e. The normalized spacial score (nSPS) is 19.9. The molecule has 1 aliphatic rings. The molecule has 1 atom stereocenters. The number of piperidine rings is 1. The highest BCUT2D eigenvalue weighted by molar-refractivity contribution is 7.15. The minimum absolute atomic E-state index is 0.618. The smallest absolute Gasteiger partial charge is 0.149 e. The fourth-order valence-corrected chi connectivity index (χ4v) is 4.32. The van der Waals surface area contributed by atoms with E-state index < -0.39 is 0 Å². The van der Waals surface area contributed by atoms with E-state index in [1.165, 1.54) is 29.4 Å². The van der Waals surface area contributed by atoms with Crippen molar-refractivity contribution in [2.24, 2.45) is 5.92 Å². The summed E-state index contributed by atoms with van der Waals surface area (Å²) in [5.74, 6) is 1.36. The number of nitrogens with two attached hydrogens (primary N) is 1. The van der Waals surface area contributed by atoms with Crippen molar-refractivity contribution >= 4 is 33.7 Å². The third-order valence-electron chi connectivity index (χ3n) is 3.48. The number of anilines is 2. The van der Waals surface area contributed by atoms with Gasteiger partial charge in [0.2, 0.25) is 0 Å². The van der Waals surface area contributed by atoms with Gasteiger partial charge in [0.25, 0.3) is 0 Å². The van der Waals surface area contributed by atoms with E-state index in [1.807, 2.05) is 6.92 Å². The SMILES string of the molecule is Cc1csc(-c2c(N)nsc2N2CCCC(C)C2)n1. The molecule has 0 bridgehead atoms. The molecular formula is C13H18N4S2. The maximum absolute atomic E-state index is 6.06. The van der Waals surface area contributed by atoms with Crippen LogP contribution in [0.5, 0.6) is 0 Å². The van der Waals surface area contributed by atoms with Crippen molar-refractivity contribution in [2.45, 2.75) is 26.7 Å². The average molecular weight is 294 g/mol. The molecule has 0 spiro atoms. The van der Waals surface area contributed by atoms with Gasteiger partial charge in [-0.1, -0.05) is 6.92 Å². The third-order valence-corrected chi connectivity index (χ3v) is 5.38. The predicted molar refractivity (Wildman–Crippen MR) is 83.0 cm³/mol. The van der Waals surface area contributed by atoms with Crippen LogP contribution in [0.15, 0.2) is 5.38 Å². The van der Waals surface area contributed by atoms with Gasteiger partial charge in [0.05, 0.1) is 5.56 Å². The Morgan fingerprint density at radius 1 is 1.47 bits per heavy atom. The highest BCUT2D eigenvalue weighted by atomic mass is 32.1.